The molecule has 0 heterocycles. The zero-order valence-corrected chi connectivity index (χ0v) is 12.3. The SMILES string of the molecule is CNC(CC#CC(C)(C)C)C1CCC(C)CC1. The van der Waals surface area contributed by atoms with Crippen LogP contribution in [-0.4, -0.2) is 13.1 Å². The lowest BCUT2D eigenvalue weighted by molar-refractivity contribution is 0.238. The highest BCUT2D eigenvalue weighted by atomic mass is 14.9. The van der Waals surface area contributed by atoms with Gasteiger partial charge >= 0.3 is 0 Å². The maximum atomic E-state index is 3.47. The molecule has 0 radical (unpaired) electrons. The Kier molecular flexibility index (Phi) is 5.53. The third kappa shape index (κ3) is 5.59. The summed E-state index contributed by atoms with van der Waals surface area (Å²) in [7, 11) is 2.08. The lowest BCUT2D eigenvalue weighted by atomic mass is 9.78. The van der Waals surface area contributed by atoms with Gasteiger partial charge in [0, 0.05) is 17.9 Å². The van der Waals surface area contributed by atoms with Crippen LogP contribution in [0.25, 0.3) is 0 Å². The molecule has 1 rings (SSSR count). The largest absolute Gasteiger partial charge is 0.316 e. The van der Waals surface area contributed by atoms with Gasteiger partial charge in [0.15, 0.2) is 0 Å². The third-order valence-electron chi connectivity index (χ3n) is 3.79. The minimum absolute atomic E-state index is 0.138. The van der Waals surface area contributed by atoms with Gasteiger partial charge in [0.1, 0.15) is 0 Å². The molecular weight excluding hydrogens is 206 g/mol. The molecule has 0 amide bonds. The van der Waals surface area contributed by atoms with Crippen molar-refractivity contribution < 1.29 is 0 Å². The molecule has 0 spiro atoms. The topological polar surface area (TPSA) is 12.0 Å². The van der Waals surface area contributed by atoms with Crippen LogP contribution in [0, 0.1) is 29.1 Å². The number of rotatable bonds is 3. The van der Waals surface area contributed by atoms with Crippen molar-refractivity contribution in [1.29, 1.82) is 0 Å². The van der Waals surface area contributed by atoms with Gasteiger partial charge in [-0.15, -0.1) is 5.92 Å². The molecule has 1 aliphatic rings. The summed E-state index contributed by atoms with van der Waals surface area (Å²) < 4.78 is 0. The van der Waals surface area contributed by atoms with Crippen molar-refractivity contribution in [2.45, 2.75) is 65.8 Å². The molecule has 1 fully saturated rings. The lowest BCUT2D eigenvalue weighted by Crippen LogP contribution is -2.35. The second-order valence-corrected chi connectivity index (χ2v) is 6.67. The molecule has 0 bridgehead atoms. The van der Waals surface area contributed by atoms with Crippen LogP contribution in [0.2, 0.25) is 0 Å². The summed E-state index contributed by atoms with van der Waals surface area (Å²) >= 11 is 0. The summed E-state index contributed by atoms with van der Waals surface area (Å²) in [5.41, 5.74) is 0.138. The van der Waals surface area contributed by atoms with Crippen LogP contribution in [0.1, 0.15) is 59.8 Å². The van der Waals surface area contributed by atoms with Crippen molar-refractivity contribution in [1.82, 2.24) is 5.32 Å². The van der Waals surface area contributed by atoms with Crippen LogP contribution >= 0.6 is 0 Å². The molecule has 1 saturated carbocycles. The first-order chi connectivity index (χ1) is 7.92. The van der Waals surface area contributed by atoms with Gasteiger partial charge in [0.25, 0.3) is 0 Å². The van der Waals surface area contributed by atoms with E-state index in [4.69, 9.17) is 0 Å². The van der Waals surface area contributed by atoms with Gasteiger partial charge < -0.3 is 5.32 Å². The summed E-state index contributed by atoms with van der Waals surface area (Å²) in [6.45, 7) is 8.91. The molecule has 0 aliphatic heterocycles. The van der Waals surface area contributed by atoms with Crippen molar-refractivity contribution in [2.75, 3.05) is 7.05 Å². The minimum atomic E-state index is 0.138. The molecule has 1 aliphatic carbocycles. The average Bonchev–Trinajstić information content (AvgIpc) is 2.24. The molecule has 0 saturated heterocycles. The van der Waals surface area contributed by atoms with E-state index in [-0.39, 0.29) is 5.41 Å². The van der Waals surface area contributed by atoms with Crippen molar-refractivity contribution in [2.24, 2.45) is 17.3 Å². The van der Waals surface area contributed by atoms with E-state index < -0.39 is 0 Å². The van der Waals surface area contributed by atoms with Crippen molar-refractivity contribution in [3.05, 3.63) is 0 Å². The summed E-state index contributed by atoms with van der Waals surface area (Å²) in [4.78, 5) is 0. The van der Waals surface area contributed by atoms with Gasteiger partial charge in [0.05, 0.1) is 0 Å². The van der Waals surface area contributed by atoms with Crippen LogP contribution in [0.15, 0.2) is 0 Å². The van der Waals surface area contributed by atoms with Gasteiger partial charge in [0.2, 0.25) is 0 Å². The Labute approximate surface area is 108 Å². The van der Waals surface area contributed by atoms with E-state index in [1.165, 1.54) is 25.7 Å². The van der Waals surface area contributed by atoms with Gasteiger partial charge in [-0.05, 0) is 52.5 Å². The number of nitrogens with one attached hydrogen (secondary N) is 1. The van der Waals surface area contributed by atoms with E-state index >= 15 is 0 Å². The van der Waals surface area contributed by atoms with Gasteiger partial charge in [-0.2, -0.15) is 0 Å². The first-order valence-corrected chi connectivity index (χ1v) is 7.09. The lowest BCUT2D eigenvalue weighted by Gasteiger charge is -2.31. The summed E-state index contributed by atoms with van der Waals surface area (Å²) in [6.07, 6.45) is 6.56. The molecule has 0 aromatic carbocycles. The van der Waals surface area contributed by atoms with Crippen LogP contribution in [0.5, 0.6) is 0 Å². The monoisotopic (exact) mass is 235 g/mol. The van der Waals surface area contributed by atoms with E-state index in [0.717, 1.165) is 18.3 Å². The minimum Gasteiger partial charge on any atom is -0.316 e. The molecule has 1 heteroatoms. The Morgan fingerprint density at radius 1 is 1.18 bits per heavy atom. The Balaban J connectivity index is 2.45. The average molecular weight is 235 g/mol. The van der Waals surface area contributed by atoms with Crippen LogP contribution in [-0.2, 0) is 0 Å². The molecular formula is C16H29N. The molecule has 0 aromatic rings. The van der Waals surface area contributed by atoms with Gasteiger partial charge in [-0.3, -0.25) is 0 Å². The zero-order valence-electron chi connectivity index (χ0n) is 12.3. The Morgan fingerprint density at radius 3 is 2.24 bits per heavy atom. The molecule has 1 N–H and O–H groups in total. The molecule has 1 nitrogen and oxygen atoms in total. The maximum Gasteiger partial charge on any atom is 0.0246 e. The molecule has 17 heavy (non-hydrogen) atoms. The first kappa shape index (κ1) is 14.6. The standard InChI is InChI=1S/C16H29N/c1-13-8-10-14(11-9-13)15(17-5)7-6-12-16(2,3)4/h13-15,17H,7-11H2,1-5H3. The summed E-state index contributed by atoms with van der Waals surface area (Å²) in [5, 5.41) is 3.47. The van der Waals surface area contributed by atoms with Crippen LogP contribution < -0.4 is 5.32 Å². The summed E-state index contributed by atoms with van der Waals surface area (Å²) in [6, 6.07) is 0.595. The zero-order chi connectivity index (χ0) is 12.9. The Hall–Kier alpha value is -0.480. The molecule has 0 aromatic heterocycles. The molecule has 1 atom stereocenters. The quantitative estimate of drug-likeness (QED) is 0.733. The van der Waals surface area contributed by atoms with E-state index in [1.54, 1.807) is 0 Å². The third-order valence-corrected chi connectivity index (χ3v) is 3.79. The number of hydrogen-bond donors (Lipinski definition) is 1. The second kappa shape index (κ2) is 6.45. The van der Waals surface area contributed by atoms with Crippen molar-refractivity contribution in [3.63, 3.8) is 0 Å². The van der Waals surface area contributed by atoms with Crippen LogP contribution in [0.4, 0.5) is 0 Å². The highest BCUT2D eigenvalue weighted by molar-refractivity contribution is 5.09. The van der Waals surface area contributed by atoms with Gasteiger partial charge in [-0.25, -0.2) is 0 Å². The van der Waals surface area contributed by atoms with E-state index in [0.29, 0.717) is 6.04 Å². The maximum absolute atomic E-state index is 3.47. The van der Waals surface area contributed by atoms with E-state index in [9.17, 15) is 0 Å². The first-order valence-electron chi connectivity index (χ1n) is 7.09. The second-order valence-electron chi connectivity index (χ2n) is 6.67. The van der Waals surface area contributed by atoms with Crippen molar-refractivity contribution in [3.8, 4) is 11.8 Å². The Morgan fingerprint density at radius 2 is 1.76 bits per heavy atom. The van der Waals surface area contributed by atoms with Crippen molar-refractivity contribution >= 4 is 0 Å². The van der Waals surface area contributed by atoms with E-state index in [2.05, 4.69) is 51.9 Å². The fraction of sp³-hybridized carbons (Fsp3) is 0.875. The molecule has 98 valence electrons. The smallest absolute Gasteiger partial charge is 0.0246 e. The highest BCUT2D eigenvalue weighted by Gasteiger charge is 2.24. The normalized spacial score (nSPS) is 27.1. The fourth-order valence-electron chi connectivity index (χ4n) is 2.62. The number of hydrogen-bond acceptors (Lipinski definition) is 1. The van der Waals surface area contributed by atoms with Gasteiger partial charge in [-0.1, -0.05) is 25.7 Å². The predicted molar refractivity (Wildman–Crippen MR) is 75.8 cm³/mol. The fourth-order valence-corrected chi connectivity index (χ4v) is 2.62. The Bertz CT molecular complexity index is 268. The molecule has 1 unspecified atom stereocenters. The van der Waals surface area contributed by atoms with E-state index in [1.807, 2.05) is 0 Å². The van der Waals surface area contributed by atoms with Crippen LogP contribution in [0.3, 0.4) is 0 Å². The predicted octanol–water partition coefficient (Wildman–Crippen LogP) is 3.84. The summed E-state index contributed by atoms with van der Waals surface area (Å²) in [5.74, 6) is 8.49. The highest BCUT2D eigenvalue weighted by Crippen LogP contribution is 2.31.